The molecule has 0 saturated heterocycles. The Hall–Kier alpha value is -3.33. The van der Waals surface area contributed by atoms with Crippen molar-refractivity contribution in [3.63, 3.8) is 0 Å². The molecule has 3 aromatic rings. The Kier molecular flexibility index (Phi) is 4.63. The van der Waals surface area contributed by atoms with Crippen LogP contribution in [0.2, 0.25) is 0 Å². The maximum Gasteiger partial charge on any atom is 0.261 e. The molecule has 0 fully saturated rings. The standard InChI is InChI=1S/C17H15N3O5S/c1-26(23,24)20-13-6-3-2-5-12(13)18-16(21)11-8-9-14(19-17(11)22)15-7-4-10-25-15/h2-10,20H,1H3,(H,18,21)(H,19,22). The number of furan rings is 1. The van der Waals surface area contributed by atoms with E-state index in [2.05, 4.69) is 15.0 Å². The van der Waals surface area contributed by atoms with Gasteiger partial charge in [0, 0.05) is 0 Å². The molecule has 0 spiro atoms. The van der Waals surface area contributed by atoms with Crippen LogP contribution in [0.15, 0.2) is 64.0 Å². The van der Waals surface area contributed by atoms with E-state index in [0.29, 0.717) is 11.5 Å². The highest BCUT2D eigenvalue weighted by Gasteiger charge is 2.15. The average Bonchev–Trinajstić information content (AvgIpc) is 3.09. The summed E-state index contributed by atoms with van der Waals surface area (Å²) in [6, 6.07) is 12.6. The lowest BCUT2D eigenvalue weighted by molar-refractivity contribution is 0.102. The second-order valence-electron chi connectivity index (χ2n) is 5.47. The van der Waals surface area contributed by atoms with E-state index in [4.69, 9.17) is 4.42 Å². The molecule has 2 heterocycles. The van der Waals surface area contributed by atoms with E-state index in [-0.39, 0.29) is 16.9 Å². The number of hydrogen-bond donors (Lipinski definition) is 3. The van der Waals surface area contributed by atoms with Gasteiger partial charge in [-0.25, -0.2) is 8.42 Å². The topological polar surface area (TPSA) is 121 Å². The maximum absolute atomic E-state index is 12.4. The van der Waals surface area contributed by atoms with Crippen LogP contribution >= 0.6 is 0 Å². The second-order valence-corrected chi connectivity index (χ2v) is 7.21. The van der Waals surface area contributed by atoms with Gasteiger partial charge in [0.2, 0.25) is 10.0 Å². The molecule has 9 heteroatoms. The van der Waals surface area contributed by atoms with Crippen LogP contribution in [-0.2, 0) is 10.0 Å². The monoisotopic (exact) mass is 373 g/mol. The number of H-pyrrole nitrogens is 1. The van der Waals surface area contributed by atoms with Crippen molar-refractivity contribution in [2.24, 2.45) is 0 Å². The highest BCUT2D eigenvalue weighted by Crippen LogP contribution is 2.22. The zero-order valence-electron chi connectivity index (χ0n) is 13.6. The molecule has 1 amide bonds. The minimum atomic E-state index is -3.52. The molecule has 8 nitrogen and oxygen atoms in total. The van der Waals surface area contributed by atoms with E-state index in [1.54, 1.807) is 30.3 Å². The summed E-state index contributed by atoms with van der Waals surface area (Å²) in [5.74, 6) is -0.197. The van der Waals surface area contributed by atoms with Gasteiger partial charge in [-0.1, -0.05) is 12.1 Å². The van der Waals surface area contributed by atoms with Gasteiger partial charge >= 0.3 is 0 Å². The van der Waals surface area contributed by atoms with Gasteiger partial charge in [-0.05, 0) is 36.4 Å². The van der Waals surface area contributed by atoms with Gasteiger partial charge in [0.15, 0.2) is 0 Å². The van der Waals surface area contributed by atoms with Gasteiger partial charge in [-0.3, -0.25) is 14.3 Å². The van der Waals surface area contributed by atoms with Crippen molar-refractivity contribution in [2.75, 3.05) is 16.3 Å². The molecule has 0 unspecified atom stereocenters. The number of carbonyl (C=O) groups excluding carboxylic acids is 1. The van der Waals surface area contributed by atoms with Crippen LogP contribution in [0.5, 0.6) is 0 Å². The third kappa shape index (κ3) is 4.01. The van der Waals surface area contributed by atoms with Crippen LogP contribution in [0.4, 0.5) is 11.4 Å². The summed E-state index contributed by atoms with van der Waals surface area (Å²) in [5, 5.41) is 2.54. The number of pyridine rings is 1. The summed E-state index contributed by atoms with van der Waals surface area (Å²) < 4.78 is 30.4. The van der Waals surface area contributed by atoms with E-state index in [9.17, 15) is 18.0 Å². The molecule has 3 rings (SSSR count). The quantitative estimate of drug-likeness (QED) is 0.633. The van der Waals surface area contributed by atoms with E-state index in [1.165, 1.54) is 24.5 Å². The number of carbonyl (C=O) groups is 1. The van der Waals surface area contributed by atoms with Crippen LogP contribution in [0.25, 0.3) is 11.5 Å². The Morgan fingerprint density at radius 1 is 1.04 bits per heavy atom. The van der Waals surface area contributed by atoms with Gasteiger partial charge in [-0.15, -0.1) is 0 Å². The average molecular weight is 373 g/mol. The highest BCUT2D eigenvalue weighted by atomic mass is 32.2. The van der Waals surface area contributed by atoms with Crippen molar-refractivity contribution < 1.29 is 17.6 Å². The number of benzene rings is 1. The summed E-state index contributed by atoms with van der Waals surface area (Å²) in [5.41, 5.74) is 0.166. The van der Waals surface area contributed by atoms with Crippen LogP contribution in [0, 0.1) is 0 Å². The van der Waals surface area contributed by atoms with E-state index in [0.717, 1.165) is 6.26 Å². The van der Waals surface area contributed by atoms with Crippen molar-refractivity contribution in [1.82, 2.24) is 4.98 Å². The summed E-state index contributed by atoms with van der Waals surface area (Å²) in [4.78, 5) is 27.2. The number of nitrogens with one attached hydrogen (secondary N) is 3. The van der Waals surface area contributed by atoms with Crippen molar-refractivity contribution in [3.05, 3.63) is 70.7 Å². The molecule has 0 aliphatic heterocycles. The predicted octanol–water partition coefficient (Wildman–Crippen LogP) is 2.26. The second kappa shape index (κ2) is 6.89. The SMILES string of the molecule is CS(=O)(=O)Nc1ccccc1NC(=O)c1ccc(-c2ccco2)[nH]c1=O. The fourth-order valence-corrected chi connectivity index (χ4v) is 2.88. The molecule has 26 heavy (non-hydrogen) atoms. The third-order valence-electron chi connectivity index (χ3n) is 3.41. The first-order valence-electron chi connectivity index (χ1n) is 7.49. The molecular weight excluding hydrogens is 358 g/mol. The van der Waals surface area contributed by atoms with Gasteiger partial charge in [-0.2, -0.15) is 0 Å². The van der Waals surface area contributed by atoms with Gasteiger partial charge < -0.3 is 14.7 Å². The fraction of sp³-hybridized carbons (Fsp3) is 0.0588. The largest absolute Gasteiger partial charge is 0.463 e. The molecule has 0 bridgehead atoms. The molecule has 1 aromatic carbocycles. The van der Waals surface area contributed by atoms with Crippen LogP contribution in [0.1, 0.15) is 10.4 Å². The molecule has 0 aliphatic rings. The molecule has 0 atom stereocenters. The molecule has 0 aliphatic carbocycles. The van der Waals surface area contributed by atoms with Crippen LogP contribution in [0.3, 0.4) is 0 Å². The first kappa shape index (κ1) is 17.5. The number of hydrogen-bond acceptors (Lipinski definition) is 5. The minimum Gasteiger partial charge on any atom is -0.463 e. The number of aromatic amines is 1. The smallest absolute Gasteiger partial charge is 0.261 e. The van der Waals surface area contributed by atoms with Gasteiger partial charge in [0.25, 0.3) is 11.5 Å². The Labute approximate surface area is 148 Å². The summed E-state index contributed by atoms with van der Waals surface area (Å²) in [7, 11) is -3.52. The number of para-hydroxylation sites is 2. The number of sulfonamides is 1. The minimum absolute atomic E-state index is 0.116. The fourth-order valence-electron chi connectivity index (χ4n) is 2.30. The predicted molar refractivity (Wildman–Crippen MR) is 97.6 cm³/mol. The first-order valence-corrected chi connectivity index (χ1v) is 9.38. The molecule has 0 saturated carbocycles. The number of aromatic nitrogens is 1. The number of anilines is 2. The molecule has 2 aromatic heterocycles. The lowest BCUT2D eigenvalue weighted by Crippen LogP contribution is -2.24. The van der Waals surface area contributed by atoms with Crippen LogP contribution in [-0.4, -0.2) is 25.6 Å². The molecule has 3 N–H and O–H groups in total. The Morgan fingerprint density at radius 2 is 1.77 bits per heavy atom. The maximum atomic E-state index is 12.4. The van der Waals surface area contributed by atoms with Gasteiger partial charge in [0.05, 0.1) is 29.6 Å². The third-order valence-corrected chi connectivity index (χ3v) is 4.00. The lowest BCUT2D eigenvalue weighted by atomic mass is 10.2. The highest BCUT2D eigenvalue weighted by molar-refractivity contribution is 7.92. The van der Waals surface area contributed by atoms with E-state index in [1.807, 2.05) is 0 Å². The van der Waals surface area contributed by atoms with Crippen molar-refractivity contribution in [2.45, 2.75) is 0 Å². The molecule has 134 valence electrons. The zero-order chi connectivity index (χ0) is 18.7. The molecular formula is C17H15N3O5S. The van der Waals surface area contributed by atoms with Crippen molar-refractivity contribution in [3.8, 4) is 11.5 Å². The zero-order valence-corrected chi connectivity index (χ0v) is 14.5. The van der Waals surface area contributed by atoms with Crippen molar-refractivity contribution in [1.29, 1.82) is 0 Å². The van der Waals surface area contributed by atoms with E-state index >= 15 is 0 Å². The summed E-state index contributed by atoms with van der Waals surface area (Å²) in [6.45, 7) is 0. The van der Waals surface area contributed by atoms with Crippen LogP contribution < -0.4 is 15.6 Å². The lowest BCUT2D eigenvalue weighted by Gasteiger charge is -2.11. The van der Waals surface area contributed by atoms with Crippen molar-refractivity contribution >= 4 is 27.3 Å². The first-order chi connectivity index (χ1) is 12.3. The Bertz CT molecular complexity index is 1100. The summed E-state index contributed by atoms with van der Waals surface area (Å²) >= 11 is 0. The normalized spacial score (nSPS) is 11.1. The number of rotatable bonds is 5. The molecule has 0 radical (unpaired) electrons. The van der Waals surface area contributed by atoms with E-state index < -0.39 is 21.5 Å². The Morgan fingerprint density at radius 3 is 2.38 bits per heavy atom. The Balaban J connectivity index is 1.86. The van der Waals surface area contributed by atoms with Gasteiger partial charge in [0.1, 0.15) is 11.3 Å². The number of amides is 1. The summed E-state index contributed by atoms with van der Waals surface area (Å²) in [6.07, 6.45) is 2.48.